The van der Waals surface area contributed by atoms with Crippen LogP contribution in [0.1, 0.15) is 88.4 Å². The van der Waals surface area contributed by atoms with Gasteiger partial charge < -0.3 is 4.74 Å². The molecule has 3 nitrogen and oxygen atoms in total. The normalized spacial score (nSPS) is 10.7. The molecular formula is C27H36O3. The Morgan fingerprint density at radius 2 is 1.20 bits per heavy atom. The number of Topliss-reactive ketones (excluding diaryl/α,β-unsaturated/α-hetero) is 2. The monoisotopic (exact) mass is 408 g/mol. The molecule has 162 valence electrons. The van der Waals surface area contributed by atoms with E-state index >= 15 is 0 Å². The largest absolute Gasteiger partial charge is 0.494 e. The van der Waals surface area contributed by atoms with Crippen LogP contribution in [0.15, 0.2) is 48.5 Å². The first-order valence-corrected chi connectivity index (χ1v) is 11.5. The predicted molar refractivity (Wildman–Crippen MR) is 124 cm³/mol. The van der Waals surface area contributed by atoms with Crippen LogP contribution in [0.25, 0.3) is 11.1 Å². The van der Waals surface area contributed by atoms with Gasteiger partial charge in [0, 0.05) is 5.56 Å². The van der Waals surface area contributed by atoms with Crippen molar-refractivity contribution in [1.82, 2.24) is 0 Å². The zero-order valence-corrected chi connectivity index (χ0v) is 18.6. The first-order chi connectivity index (χ1) is 14.6. The van der Waals surface area contributed by atoms with Crippen molar-refractivity contribution in [2.24, 2.45) is 0 Å². The van der Waals surface area contributed by atoms with Crippen LogP contribution >= 0.6 is 0 Å². The molecule has 0 spiro atoms. The third-order valence-corrected chi connectivity index (χ3v) is 5.32. The van der Waals surface area contributed by atoms with Crippen molar-refractivity contribution < 1.29 is 14.3 Å². The Bertz CT molecular complexity index is 760. The Balaban J connectivity index is 1.68. The van der Waals surface area contributed by atoms with E-state index in [9.17, 15) is 9.59 Å². The lowest BCUT2D eigenvalue weighted by Crippen LogP contribution is -2.04. The fourth-order valence-corrected chi connectivity index (χ4v) is 3.52. The molecule has 0 aliphatic heterocycles. The topological polar surface area (TPSA) is 43.4 Å². The molecule has 30 heavy (non-hydrogen) atoms. The predicted octanol–water partition coefficient (Wildman–Crippen LogP) is 7.43. The van der Waals surface area contributed by atoms with Crippen molar-refractivity contribution in [3.05, 3.63) is 54.1 Å². The fourth-order valence-electron chi connectivity index (χ4n) is 3.52. The summed E-state index contributed by atoms with van der Waals surface area (Å²) in [5.41, 5.74) is 2.70. The molecule has 2 aromatic rings. The van der Waals surface area contributed by atoms with Gasteiger partial charge in [-0.1, -0.05) is 94.7 Å². The minimum Gasteiger partial charge on any atom is -0.494 e. The van der Waals surface area contributed by atoms with E-state index in [-0.39, 0.29) is 18.0 Å². The number of rotatable bonds is 15. The Labute approximate surface area is 181 Å². The molecule has 0 atom stereocenters. The Kier molecular flexibility index (Phi) is 10.9. The van der Waals surface area contributed by atoms with Crippen molar-refractivity contribution in [2.45, 2.75) is 78.1 Å². The number of unbranched alkanes of at least 4 members (excludes halogenated alkanes) is 8. The molecule has 0 saturated heterocycles. The summed E-state index contributed by atoms with van der Waals surface area (Å²) in [5.74, 6) is 0.655. The van der Waals surface area contributed by atoms with E-state index in [2.05, 4.69) is 6.92 Å². The van der Waals surface area contributed by atoms with Gasteiger partial charge >= 0.3 is 0 Å². The number of ketones is 2. The van der Waals surface area contributed by atoms with Gasteiger partial charge in [0.05, 0.1) is 13.0 Å². The molecule has 0 unspecified atom stereocenters. The number of hydrogen-bond donors (Lipinski definition) is 0. The van der Waals surface area contributed by atoms with Gasteiger partial charge in [-0.05, 0) is 36.6 Å². The highest BCUT2D eigenvalue weighted by Crippen LogP contribution is 2.23. The summed E-state index contributed by atoms with van der Waals surface area (Å²) in [6, 6.07) is 15.5. The molecule has 0 N–H and O–H groups in total. The van der Waals surface area contributed by atoms with Crippen LogP contribution < -0.4 is 4.74 Å². The maximum absolute atomic E-state index is 11.9. The molecule has 0 bridgehead atoms. The molecule has 2 rings (SSSR count). The highest BCUT2D eigenvalue weighted by Gasteiger charge is 2.08. The lowest BCUT2D eigenvalue weighted by molar-refractivity contribution is -0.116. The van der Waals surface area contributed by atoms with E-state index in [0.717, 1.165) is 29.9 Å². The lowest BCUT2D eigenvalue weighted by Gasteiger charge is -2.08. The minimum atomic E-state index is -0.130. The summed E-state index contributed by atoms with van der Waals surface area (Å²) < 4.78 is 5.87. The van der Waals surface area contributed by atoms with E-state index < -0.39 is 0 Å². The van der Waals surface area contributed by atoms with Crippen LogP contribution in [-0.2, 0) is 4.79 Å². The number of hydrogen-bond acceptors (Lipinski definition) is 3. The average molecular weight is 409 g/mol. The molecule has 2 aromatic carbocycles. The standard InChI is InChI=1S/C27H36O3/c1-3-4-5-6-7-8-9-10-11-20-30-26-18-16-24(17-19-26)23-12-14-25(15-13-23)27(29)21-22(2)28/h12-19H,3-11,20-21H2,1-2H3. The van der Waals surface area contributed by atoms with Crippen molar-refractivity contribution in [3.8, 4) is 16.9 Å². The van der Waals surface area contributed by atoms with E-state index in [1.54, 1.807) is 12.1 Å². The number of carbonyl (C=O) groups is 2. The van der Waals surface area contributed by atoms with E-state index in [1.807, 2.05) is 36.4 Å². The van der Waals surface area contributed by atoms with Gasteiger partial charge in [-0.3, -0.25) is 9.59 Å². The van der Waals surface area contributed by atoms with Gasteiger partial charge in [-0.2, -0.15) is 0 Å². The quantitative estimate of drug-likeness (QED) is 0.175. The van der Waals surface area contributed by atoms with Crippen LogP contribution in [0.2, 0.25) is 0 Å². The van der Waals surface area contributed by atoms with Gasteiger partial charge in [-0.15, -0.1) is 0 Å². The average Bonchev–Trinajstić information content (AvgIpc) is 2.75. The van der Waals surface area contributed by atoms with Crippen LogP contribution in [0, 0.1) is 0 Å². The third kappa shape index (κ3) is 8.94. The molecule has 0 heterocycles. The van der Waals surface area contributed by atoms with Gasteiger partial charge in [0.25, 0.3) is 0 Å². The van der Waals surface area contributed by atoms with Crippen molar-refractivity contribution >= 4 is 11.6 Å². The highest BCUT2D eigenvalue weighted by atomic mass is 16.5. The molecule has 0 aliphatic carbocycles. The van der Waals surface area contributed by atoms with E-state index in [1.165, 1.54) is 58.3 Å². The zero-order valence-electron chi connectivity index (χ0n) is 18.6. The maximum Gasteiger partial charge on any atom is 0.170 e. The maximum atomic E-state index is 11.9. The summed E-state index contributed by atoms with van der Waals surface area (Å²) >= 11 is 0. The number of carbonyl (C=O) groups excluding carboxylic acids is 2. The Hall–Kier alpha value is -2.42. The van der Waals surface area contributed by atoms with E-state index in [0.29, 0.717) is 5.56 Å². The lowest BCUT2D eigenvalue weighted by atomic mass is 10.0. The van der Waals surface area contributed by atoms with Gasteiger partial charge in [0.1, 0.15) is 11.5 Å². The summed E-state index contributed by atoms with van der Waals surface area (Å²) in [6.07, 6.45) is 11.8. The summed E-state index contributed by atoms with van der Waals surface area (Å²) in [6.45, 7) is 4.46. The summed E-state index contributed by atoms with van der Waals surface area (Å²) in [7, 11) is 0. The second-order valence-corrected chi connectivity index (χ2v) is 8.08. The first kappa shape index (κ1) is 23.9. The molecule has 0 amide bonds. The second kappa shape index (κ2) is 13.7. The van der Waals surface area contributed by atoms with Gasteiger partial charge in [0.2, 0.25) is 0 Å². The Morgan fingerprint density at radius 3 is 1.73 bits per heavy atom. The molecule has 0 aliphatic rings. The minimum absolute atomic E-state index is 0.0374. The first-order valence-electron chi connectivity index (χ1n) is 11.5. The van der Waals surface area contributed by atoms with Gasteiger partial charge in [-0.25, -0.2) is 0 Å². The Morgan fingerprint density at radius 1 is 0.700 bits per heavy atom. The zero-order chi connectivity index (χ0) is 21.6. The van der Waals surface area contributed by atoms with Crippen molar-refractivity contribution in [2.75, 3.05) is 6.61 Å². The summed E-state index contributed by atoms with van der Waals surface area (Å²) in [4.78, 5) is 23.0. The van der Waals surface area contributed by atoms with Crippen LogP contribution in [0.3, 0.4) is 0 Å². The fraction of sp³-hybridized carbons (Fsp3) is 0.481. The number of ether oxygens (including phenoxy) is 1. The van der Waals surface area contributed by atoms with Crippen LogP contribution in [0.4, 0.5) is 0 Å². The van der Waals surface area contributed by atoms with Crippen LogP contribution in [0.5, 0.6) is 5.75 Å². The third-order valence-electron chi connectivity index (χ3n) is 5.32. The smallest absolute Gasteiger partial charge is 0.170 e. The molecule has 0 radical (unpaired) electrons. The van der Waals surface area contributed by atoms with Crippen LogP contribution in [-0.4, -0.2) is 18.2 Å². The van der Waals surface area contributed by atoms with Gasteiger partial charge in [0.15, 0.2) is 5.78 Å². The second-order valence-electron chi connectivity index (χ2n) is 8.08. The van der Waals surface area contributed by atoms with Crippen molar-refractivity contribution in [1.29, 1.82) is 0 Å². The summed E-state index contributed by atoms with van der Waals surface area (Å²) in [5, 5.41) is 0. The molecule has 0 aromatic heterocycles. The molecule has 0 fully saturated rings. The molecule has 3 heteroatoms. The van der Waals surface area contributed by atoms with E-state index in [4.69, 9.17) is 4.74 Å². The highest BCUT2D eigenvalue weighted by molar-refractivity contribution is 6.07. The number of benzene rings is 2. The van der Waals surface area contributed by atoms with Crippen molar-refractivity contribution in [3.63, 3.8) is 0 Å². The molecular weight excluding hydrogens is 372 g/mol. The SMILES string of the molecule is CCCCCCCCCCCOc1ccc(-c2ccc(C(=O)CC(C)=O)cc2)cc1. The molecule has 0 saturated carbocycles.